The summed E-state index contributed by atoms with van der Waals surface area (Å²) >= 11 is 0. The lowest BCUT2D eigenvalue weighted by Crippen LogP contribution is -2.18. The lowest BCUT2D eigenvalue weighted by Gasteiger charge is -2.05. The summed E-state index contributed by atoms with van der Waals surface area (Å²) < 4.78 is 0. The Bertz CT molecular complexity index is 268. The number of aliphatic hydroxyl groups excluding tert-OH is 1. The zero-order valence-corrected chi connectivity index (χ0v) is 9.99. The molecule has 0 aromatic rings. The van der Waals surface area contributed by atoms with Gasteiger partial charge in [-0.1, -0.05) is 30.7 Å². The zero-order chi connectivity index (χ0) is 11.0. The van der Waals surface area contributed by atoms with E-state index in [1.54, 1.807) is 0 Å². The predicted molar refractivity (Wildman–Crippen MR) is 60.4 cm³/mol. The molecule has 0 heterocycles. The van der Waals surface area contributed by atoms with Crippen LogP contribution < -0.4 is 0 Å². The highest BCUT2D eigenvalue weighted by molar-refractivity contribution is 6.83. The lowest BCUT2D eigenvalue weighted by molar-refractivity contribution is 0.220. The van der Waals surface area contributed by atoms with Crippen molar-refractivity contribution in [2.45, 2.75) is 38.6 Å². The fraction of sp³-hybridized carbons (Fsp3) is 0.778. The van der Waals surface area contributed by atoms with Crippen LogP contribution >= 0.6 is 0 Å². The van der Waals surface area contributed by atoms with Crippen LogP contribution in [0.2, 0.25) is 19.6 Å². The molecule has 4 nitrogen and oxygen atoms in total. The first-order valence-corrected chi connectivity index (χ1v) is 8.17. The topological polar surface area (TPSA) is 69.0 Å². The normalized spacial score (nSPS) is 12.3. The van der Waals surface area contributed by atoms with Crippen molar-refractivity contribution >= 4 is 8.07 Å². The van der Waals surface area contributed by atoms with Gasteiger partial charge in [-0.15, -0.1) is 5.54 Å². The molecule has 1 atom stereocenters. The third kappa shape index (κ3) is 9.14. The fourth-order valence-electron chi connectivity index (χ4n) is 0.772. The molecule has 0 radical (unpaired) electrons. The standard InChI is InChI=1S/C9H17N3OSi/c1-14(2,3)8-6-9(13)5-4-7-11-12-10/h9,13H,4-5,7H2,1-3H3/t9-/m1/s1. The molecule has 0 unspecified atom stereocenters. The first kappa shape index (κ1) is 13.0. The van der Waals surface area contributed by atoms with Gasteiger partial charge in [0.15, 0.2) is 0 Å². The molecule has 0 saturated carbocycles. The average molecular weight is 211 g/mol. The Kier molecular flexibility index (Phi) is 6.05. The van der Waals surface area contributed by atoms with Gasteiger partial charge in [0, 0.05) is 11.5 Å². The number of azide groups is 1. The molecule has 0 spiro atoms. The van der Waals surface area contributed by atoms with Crippen molar-refractivity contribution in [1.82, 2.24) is 0 Å². The summed E-state index contributed by atoms with van der Waals surface area (Å²) in [6.45, 7) is 6.83. The monoisotopic (exact) mass is 211 g/mol. The van der Waals surface area contributed by atoms with Crippen molar-refractivity contribution in [3.63, 3.8) is 0 Å². The van der Waals surface area contributed by atoms with Gasteiger partial charge < -0.3 is 5.11 Å². The Hall–Kier alpha value is -0.953. The molecule has 1 N–H and O–H groups in total. The molecule has 0 aromatic heterocycles. The first-order valence-electron chi connectivity index (χ1n) is 4.67. The Balaban J connectivity index is 3.79. The van der Waals surface area contributed by atoms with E-state index in [4.69, 9.17) is 5.53 Å². The van der Waals surface area contributed by atoms with Crippen molar-refractivity contribution in [3.8, 4) is 11.5 Å². The molecule has 0 aromatic carbocycles. The maximum atomic E-state index is 9.43. The van der Waals surface area contributed by atoms with Gasteiger partial charge in [0.2, 0.25) is 0 Å². The van der Waals surface area contributed by atoms with Gasteiger partial charge in [-0.05, 0) is 18.4 Å². The van der Waals surface area contributed by atoms with Crippen molar-refractivity contribution in [2.75, 3.05) is 6.54 Å². The second kappa shape index (κ2) is 6.49. The Morgan fingerprint density at radius 1 is 1.50 bits per heavy atom. The van der Waals surface area contributed by atoms with E-state index in [0.29, 0.717) is 19.4 Å². The van der Waals surface area contributed by atoms with Crippen molar-refractivity contribution < 1.29 is 5.11 Å². The summed E-state index contributed by atoms with van der Waals surface area (Å²) in [6.07, 6.45) is 0.692. The van der Waals surface area contributed by atoms with E-state index in [1.807, 2.05) is 0 Å². The number of nitrogens with zero attached hydrogens (tertiary/aromatic N) is 3. The highest BCUT2D eigenvalue weighted by Gasteiger charge is 2.08. The molecule has 0 aliphatic carbocycles. The SMILES string of the molecule is C[Si](C)(C)C#C[C@H](O)CCCN=[N+]=[N-]. The van der Waals surface area contributed by atoms with Crippen LogP contribution in [-0.4, -0.2) is 25.8 Å². The van der Waals surface area contributed by atoms with E-state index in [-0.39, 0.29) is 0 Å². The van der Waals surface area contributed by atoms with E-state index < -0.39 is 14.2 Å². The molecule has 0 aliphatic heterocycles. The van der Waals surface area contributed by atoms with Crippen molar-refractivity contribution in [2.24, 2.45) is 5.11 Å². The molecule has 14 heavy (non-hydrogen) atoms. The largest absolute Gasteiger partial charge is 0.380 e. The summed E-state index contributed by atoms with van der Waals surface area (Å²) in [5.41, 5.74) is 11.1. The second-order valence-corrected chi connectivity index (χ2v) is 8.88. The van der Waals surface area contributed by atoms with Gasteiger partial charge >= 0.3 is 0 Å². The van der Waals surface area contributed by atoms with Crippen LogP contribution in [0.5, 0.6) is 0 Å². The minimum atomic E-state index is -1.38. The van der Waals surface area contributed by atoms with Gasteiger partial charge in [0.25, 0.3) is 0 Å². The molecule has 78 valence electrons. The third-order valence-electron chi connectivity index (χ3n) is 1.41. The van der Waals surface area contributed by atoms with Gasteiger partial charge in [-0.3, -0.25) is 0 Å². The maximum absolute atomic E-state index is 9.43. The van der Waals surface area contributed by atoms with Crippen LogP contribution in [0.3, 0.4) is 0 Å². The molecule has 0 amide bonds. The summed E-state index contributed by atoms with van der Waals surface area (Å²) in [5, 5.41) is 12.8. The van der Waals surface area contributed by atoms with Crippen LogP contribution in [-0.2, 0) is 0 Å². The minimum absolute atomic E-state index is 0.433. The summed E-state index contributed by atoms with van der Waals surface area (Å²) in [5.74, 6) is 2.83. The third-order valence-corrected chi connectivity index (χ3v) is 2.31. The van der Waals surface area contributed by atoms with E-state index in [0.717, 1.165) is 0 Å². The molecule has 0 bridgehead atoms. The Morgan fingerprint density at radius 3 is 2.64 bits per heavy atom. The first-order chi connectivity index (χ1) is 6.45. The molecule has 0 fully saturated rings. The highest BCUT2D eigenvalue weighted by Crippen LogP contribution is 2.00. The molecule has 5 heteroatoms. The number of aliphatic hydroxyl groups is 1. The Morgan fingerprint density at radius 2 is 2.14 bits per heavy atom. The van der Waals surface area contributed by atoms with Crippen LogP contribution in [0.1, 0.15) is 12.8 Å². The van der Waals surface area contributed by atoms with E-state index >= 15 is 0 Å². The highest BCUT2D eigenvalue weighted by atomic mass is 28.3. The van der Waals surface area contributed by atoms with Crippen LogP contribution in [0, 0.1) is 11.5 Å². The predicted octanol–water partition coefficient (Wildman–Crippen LogP) is 2.32. The quantitative estimate of drug-likeness (QED) is 0.190. The van der Waals surface area contributed by atoms with Crippen molar-refractivity contribution in [3.05, 3.63) is 10.4 Å². The number of hydrogen-bond acceptors (Lipinski definition) is 2. The molecule has 0 saturated heterocycles. The number of rotatable bonds is 4. The van der Waals surface area contributed by atoms with Crippen molar-refractivity contribution in [1.29, 1.82) is 0 Å². The van der Waals surface area contributed by atoms with Crippen LogP contribution in [0.25, 0.3) is 10.4 Å². The van der Waals surface area contributed by atoms with E-state index in [9.17, 15) is 5.11 Å². The van der Waals surface area contributed by atoms with E-state index in [2.05, 4.69) is 41.1 Å². The van der Waals surface area contributed by atoms with E-state index in [1.165, 1.54) is 0 Å². The summed E-state index contributed by atoms with van der Waals surface area (Å²) in [7, 11) is -1.38. The average Bonchev–Trinajstić information content (AvgIpc) is 2.08. The molecule has 0 aliphatic rings. The number of hydrogen-bond donors (Lipinski definition) is 1. The fourth-order valence-corrected chi connectivity index (χ4v) is 1.37. The smallest absolute Gasteiger partial charge is 0.129 e. The molecular formula is C9H17N3OSi. The van der Waals surface area contributed by atoms with Gasteiger partial charge in [-0.25, -0.2) is 0 Å². The summed E-state index contributed by atoms with van der Waals surface area (Å²) in [4.78, 5) is 2.63. The van der Waals surface area contributed by atoms with Crippen LogP contribution in [0.15, 0.2) is 5.11 Å². The molecule has 0 rings (SSSR count). The van der Waals surface area contributed by atoms with Gasteiger partial charge in [0.05, 0.1) is 0 Å². The lowest BCUT2D eigenvalue weighted by atomic mass is 10.2. The molecular weight excluding hydrogens is 194 g/mol. The van der Waals surface area contributed by atoms with Gasteiger partial charge in [-0.2, -0.15) is 0 Å². The van der Waals surface area contributed by atoms with Crippen LogP contribution in [0.4, 0.5) is 0 Å². The second-order valence-electron chi connectivity index (χ2n) is 4.13. The maximum Gasteiger partial charge on any atom is 0.129 e. The summed E-state index contributed by atoms with van der Waals surface area (Å²) in [6, 6.07) is 0. The zero-order valence-electron chi connectivity index (χ0n) is 8.99. The Labute approximate surface area is 86.0 Å². The van der Waals surface area contributed by atoms with Gasteiger partial charge in [0.1, 0.15) is 14.2 Å². The minimum Gasteiger partial charge on any atom is -0.380 e.